The van der Waals surface area contributed by atoms with Crippen LogP contribution >= 0.6 is 0 Å². The smallest absolute Gasteiger partial charge is 0.331 e. The number of hydrogen-bond acceptors (Lipinski definition) is 21. The van der Waals surface area contributed by atoms with E-state index in [1.165, 1.54) is 43.3 Å². The van der Waals surface area contributed by atoms with E-state index in [4.69, 9.17) is 37.9 Å². The van der Waals surface area contributed by atoms with E-state index < -0.39 is 129 Å². The molecular weight excluding hydrogens is 780 g/mol. The molecule has 2 aromatic carbocycles. The number of benzene rings is 2. The predicted octanol–water partition coefficient (Wildman–Crippen LogP) is -2.62. The van der Waals surface area contributed by atoms with Crippen molar-refractivity contribution >= 4 is 18.0 Å². The Balaban J connectivity index is 1.40. The number of ether oxygens (including phenoxy) is 8. The van der Waals surface area contributed by atoms with Gasteiger partial charge in [0.2, 0.25) is 0 Å². The highest BCUT2D eigenvalue weighted by Gasteiger charge is 2.55. The molecule has 3 aliphatic rings. The van der Waals surface area contributed by atoms with Gasteiger partial charge in [-0.2, -0.15) is 0 Å². The number of aliphatic hydroxyl groups is 7. The summed E-state index contributed by atoms with van der Waals surface area (Å²) in [6, 6.07) is 7.78. The van der Waals surface area contributed by atoms with Crippen molar-refractivity contribution in [3.8, 4) is 23.0 Å². The van der Waals surface area contributed by atoms with E-state index in [9.17, 15) is 65.8 Å². The second-order valence-electron chi connectivity index (χ2n) is 13.8. The van der Waals surface area contributed by atoms with Crippen molar-refractivity contribution in [2.45, 2.75) is 112 Å². The Labute approximate surface area is 330 Å². The molecule has 0 aliphatic carbocycles. The van der Waals surface area contributed by atoms with Crippen molar-refractivity contribution in [2.75, 3.05) is 19.8 Å². The summed E-state index contributed by atoms with van der Waals surface area (Å²) in [6.07, 6.45) is -22.5. The maximum atomic E-state index is 13.2. The Kier molecular flexibility index (Phi) is 15.2. The molecule has 3 aliphatic heterocycles. The first-order chi connectivity index (χ1) is 27.5. The molecule has 11 N–H and O–H groups in total. The van der Waals surface area contributed by atoms with Crippen molar-refractivity contribution in [2.24, 2.45) is 0 Å². The van der Waals surface area contributed by atoms with Gasteiger partial charge >= 0.3 is 11.9 Å². The first-order valence-corrected chi connectivity index (χ1v) is 18.1. The summed E-state index contributed by atoms with van der Waals surface area (Å²) in [5.41, 5.74) is 0.790. The fraction of sp³-hybridized carbons (Fsp3) is 0.568. The van der Waals surface area contributed by atoms with Gasteiger partial charge < -0.3 is 94.1 Å². The molecule has 0 aromatic heterocycles. The largest absolute Gasteiger partial charge is 0.504 e. The molecular formula is C37H48O21. The number of rotatable bonds is 14. The number of aromatic hydroxyl groups is 4. The van der Waals surface area contributed by atoms with Crippen LogP contribution in [0.4, 0.5) is 0 Å². The standard InChI is InChI=1S/C37H48O21/c1-15-31(57-36-29(49)27(47)26(46)23(13-38)54-36)28(48)30(50)35(52-15)58-33-32(56-25(45)8-5-17-3-6-19(41)21(43)11-17)24(14-39)55-37(34(33)53-16(2)40)51-10-9-18-4-7-20(42)22(44)12-18/h3-8,11-12,15,23-24,26-39,41-44,46-50H,9-10,13-14H2,1-2H3/t15-,23-,24-,26+,27+,28-,29-,30+,31+,32+,33-,34+,35-,36+,37+/m1/s1. The lowest BCUT2D eigenvalue weighted by Crippen LogP contribution is -2.66. The minimum atomic E-state index is -2.00. The van der Waals surface area contributed by atoms with Crippen molar-refractivity contribution < 1.29 is 104 Å². The van der Waals surface area contributed by atoms with Gasteiger partial charge in [0, 0.05) is 13.0 Å². The Morgan fingerprint density at radius 3 is 1.90 bits per heavy atom. The first-order valence-electron chi connectivity index (χ1n) is 18.1. The molecule has 0 saturated carbocycles. The molecule has 3 saturated heterocycles. The van der Waals surface area contributed by atoms with Crippen LogP contribution in [0.5, 0.6) is 23.0 Å². The van der Waals surface area contributed by atoms with E-state index in [-0.39, 0.29) is 30.1 Å². The average molecular weight is 829 g/mol. The third-order valence-electron chi connectivity index (χ3n) is 9.66. The molecule has 322 valence electrons. The number of phenolic OH excluding ortho intramolecular Hbond substituents is 4. The molecule has 3 fully saturated rings. The van der Waals surface area contributed by atoms with Crippen LogP contribution in [0.25, 0.3) is 6.08 Å². The Bertz CT molecular complexity index is 1720. The topological polar surface area (TPSA) is 331 Å². The monoisotopic (exact) mass is 828 g/mol. The Morgan fingerprint density at radius 2 is 1.26 bits per heavy atom. The quantitative estimate of drug-likeness (QED) is 0.0527. The zero-order valence-corrected chi connectivity index (χ0v) is 31.1. The van der Waals surface area contributed by atoms with Gasteiger partial charge in [0.05, 0.1) is 25.9 Å². The van der Waals surface area contributed by atoms with Crippen LogP contribution in [0.15, 0.2) is 42.5 Å². The highest BCUT2D eigenvalue weighted by atomic mass is 16.8. The van der Waals surface area contributed by atoms with Gasteiger partial charge in [-0.15, -0.1) is 0 Å². The lowest BCUT2D eigenvalue weighted by atomic mass is 9.96. The van der Waals surface area contributed by atoms with Crippen molar-refractivity contribution in [1.82, 2.24) is 0 Å². The van der Waals surface area contributed by atoms with E-state index in [1.54, 1.807) is 0 Å². The van der Waals surface area contributed by atoms with Gasteiger partial charge in [-0.05, 0) is 54.8 Å². The Hall–Kier alpha value is -4.20. The number of aliphatic hydroxyl groups excluding tert-OH is 7. The maximum Gasteiger partial charge on any atom is 0.331 e. The number of esters is 2. The zero-order chi connectivity index (χ0) is 42.4. The highest BCUT2D eigenvalue weighted by Crippen LogP contribution is 2.35. The fourth-order valence-corrected chi connectivity index (χ4v) is 6.57. The molecule has 0 radical (unpaired) electrons. The van der Waals surface area contributed by atoms with E-state index in [0.717, 1.165) is 19.1 Å². The van der Waals surface area contributed by atoms with Crippen LogP contribution in [0.2, 0.25) is 0 Å². The lowest BCUT2D eigenvalue weighted by molar-refractivity contribution is -0.376. The van der Waals surface area contributed by atoms with Gasteiger partial charge in [0.1, 0.15) is 54.9 Å². The third kappa shape index (κ3) is 10.5. The molecule has 0 unspecified atom stereocenters. The van der Waals surface area contributed by atoms with E-state index >= 15 is 0 Å². The summed E-state index contributed by atoms with van der Waals surface area (Å²) in [5, 5.41) is 112. The van der Waals surface area contributed by atoms with Gasteiger partial charge in [-0.3, -0.25) is 4.79 Å². The van der Waals surface area contributed by atoms with Crippen LogP contribution in [0, 0.1) is 0 Å². The van der Waals surface area contributed by atoms with Gasteiger partial charge in [-0.25, -0.2) is 4.79 Å². The van der Waals surface area contributed by atoms with Gasteiger partial charge in [0.15, 0.2) is 54.1 Å². The molecule has 0 bridgehead atoms. The minimum Gasteiger partial charge on any atom is -0.504 e. The zero-order valence-electron chi connectivity index (χ0n) is 31.1. The number of phenols is 4. The second kappa shape index (κ2) is 19.7. The van der Waals surface area contributed by atoms with Gasteiger partial charge in [0.25, 0.3) is 0 Å². The second-order valence-corrected chi connectivity index (χ2v) is 13.8. The summed E-state index contributed by atoms with van der Waals surface area (Å²) >= 11 is 0. The molecule has 58 heavy (non-hydrogen) atoms. The first kappa shape index (κ1) is 44.9. The molecule has 15 atom stereocenters. The summed E-state index contributed by atoms with van der Waals surface area (Å²) in [5.74, 6) is -3.57. The van der Waals surface area contributed by atoms with Crippen molar-refractivity contribution in [3.05, 3.63) is 53.6 Å². The molecule has 21 heteroatoms. The molecule has 5 rings (SSSR count). The molecule has 21 nitrogen and oxygen atoms in total. The van der Waals surface area contributed by atoms with Crippen molar-refractivity contribution in [3.63, 3.8) is 0 Å². The van der Waals surface area contributed by atoms with E-state index in [1.807, 2.05) is 0 Å². The SMILES string of the molecule is CC(=O)O[C@@H]1[C@@H](OCCc2ccc(O)c(O)c2)O[C@H](CO)[C@H](OC(=O)C=Cc2ccc(O)c(O)c2)[C@H]1O[C@H]1O[C@H](C)[C@H](O[C@@H]2O[C@H](CO)[C@H](O)[C@H](O)[C@H]2O)[C@H](O)[C@@H]1O. The molecule has 2 aromatic rings. The summed E-state index contributed by atoms with van der Waals surface area (Å²) < 4.78 is 46.1. The van der Waals surface area contributed by atoms with Gasteiger partial charge in [-0.1, -0.05) is 12.1 Å². The van der Waals surface area contributed by atoms with E-state index in [2.05, 4.69) is 0 Å². The maximum absolute atomic E-state index is 13.2. The molecule has 0 amide bonds. The normalized spacial score (nSPS) is 35.4. The van der Waals surface area contributed by atoms with Crippen LogP contribution < -0.4 is 0 Å². The highest BCUT2D eigenvalue weighted by molar-refractivity contribution is 5.87. The summed E-state index contributed by atoms with van der Waals surface area (Å²) in [7, 11) is 0. The van der Waals surface area contributed by atoms with Crippen molar-refractivity contribution in [1.29, 1.82) is 0 Å². The molecule has 3 heterocycles. The van der Waals surface area contributed by atoms with Crippen LogP contribution in [0.3, 0.4) is 0 Å². The lowest BCUT2D eigenvalue weighted by Gasteiger charge is -2.48. The van der Waals surface area contributed by atoms with E-state index in [0.29, 0.717) is 5.56 Å². The average Bonchev–Trinajstić information content (AvgIpc) is 3.18. The minimum absolute atomic E-state index is 0.121. The number of carbonyl (C=O) groups excluding carboxylic acids is 2. The summed E-state index contributed by atoms with van der Waals surface area (Å²) in [6.45, 7) is 0.647. The fourth-order valence-electron chi connectivity index (χ4n) is 6.57. The van der Waals surface area contributed by atoms with Crippen LogP contribution in [-0.4, -0.2) is 180 Å². The summed E-state index contributed by atoms with van der Waals surface area (Å²) in [4.78, 5) is 25.7. The predicted molar refractivity (Wildman–Crippen MR) is 189 cm³/mol. The number of hydrogen-bond donors (Lipinski definition) is 11. The third-order valence-corrected chi connectivity index (χ3v) is 9.66. The Morgan fingerprint density at radius 1 is 0.655 bits per heavy atom. The van der Waals surface area contributed by atoms with Crippen LogP contribution in [0.1, 0.15) is 25.0 Å². The number of carbonyl (C=O) groups is 2. The van der Waals surface area contributed by atoms with Crippen LogP contribution in [-0.2, 0) is 53.9 Å². The molecule has 0 spiro atoms.